The average molecular weight is 348 g/mol. The minimum Gasteiger partial charge on any atom is -0.358 e. The number of fused-ring (bicyclic) bond motifs is 1. The Kier molecular flexibility index (Phi) is 4.38. The van der Waals surface area contributed by atoms with Gasteiger partial charge in [0.15, 0.2) is 0 Å². The van der Waals surface area contributed by atoms with Crippen LogP contribution in [0, 0.1) is 5.82 Å². The molecular formula is C17H17FN2O3S. The molecule has 0 fully saturated rings. The number of carbonyl (C=O) groups excluding carboxylic acids is 1. The summed E-state index contributed by atoms with van der Waals surface area (Å²) in [5.41, 5.74) is 1.74. The molecular weight excluding hydrogens is 331 g/mol. The summed E-state index contributed by atoms with van der Waals surface area (Å²) in [6.45, 7) is 0.0327. The van der Waals surface area contributed by atoms with Crippen LogP contribution in [0.15, 0.2) is 53.4 Å². The van der Waals surface area contributed by atoms with Crippen LogP contribution in [-0.2, 0) is 27.8 Å². The second kappa shape index (κ2) is 6.33. The van der Waals surface area contributed by atoms with Crippen LogP contribution in [0.3, 0.4) is 0 Å². The fourth-order valence-corrected chi connectivity index (χ4v) is 4.55. The number of hydrogen-bond donors (Lipinski definition) is 1. The van der Waals surface area contributed by atoms with Gasteiger partial charge in [0.05, 0.1) is 0 Å². The van der Waals surface area contributed by atoms with Gasteiger partial charge in [-0.15, -0.1) is 0 Å². The number of hydrogen-bond acceptors (Lipinski definition) is 3. The van der Waals surface area contributed by atoms with Gasteiger partial charge in [0.1, 0.15) is 16.8 Å². The Morgan fingerprint density at radius 3 is 2.42 bits per heavy atom. The van der Waals surface area contributed by atoms with E-state index in [0.29, 0.717) is 0 Å². The predicted octanol–water partition coefficient (Wildman–Crippen LogP) is 1.69. The molecule has 1 aliphatic heterocycles. The number of amides is 1. The van der Waals surface area contributed by atoms with E-state index in [4.69, 9.17) is 0 Å². The first-order valence-corrected chi connectivity index (χ1v) is 8.94. The lowest BCUT2D eigenvalue weighted by Crippen LogP contribution is -2.51. The zero-order valence-corrected chi connectivity index (χ0v) is 13.9. The van der Waals surface area contributed by atoms with Gasteiger partial charge in [-0.3, -0.25) is 4.79 Å². The molecule has 2 aromatic rings. The molecule has 0 spiro atoms. The molecule has 0 radical (unpaired) electrons. The maximum absolute atomic E-state index is 14.0. The number of benzene rings is 2. The van der Waals surface area contributed by atoms with Gasteiger partial charge in [-0.25, -0.2) is 12.8 Å². The molecule has 1 heterocycles. The summed E-state index contributed by atoms with van der Waals surface area (Å²) < 4.78 is 41.0. The van der Waals surface area contributed by atoms with Crippen molar-refractivity contribution in [1.29, 1.82) is 0 Å². The molecule has 7 heteroatoms. The summed E-state index contributed by atoms with van der Waals surface area (Å²) in [4.78, 5) is 11.8. The van der Waals surface area contributed by atoms with Crippen molar-refractivity contribution < 1.29 is 17.6 Å². The molecule has 1 amide bonds. The van der Waals surface area contributed by atoms with Crippen LogP contribution in [0.1, 0.15) is 11.1 Å². The zero-order valence-electron chi connectivity index (χ0n) is 13.1. The third-order valence-corrected chi connectivity index (χ3v) is 6.07. The molecule has 3 rings (SSSR count). The van der Waals surface area contributed by atoms with Crippen LogP contribution in [0.25, 0.3) is 0 Å². The Hall–Kier alpha value is -2.25. The van der Waals surface area contributed by atoms with Crippen molar-refractivity contribution in [3.8, 4) is 0 Å². The summed E-state index contributed by atoms with van der Waals surface area (Å²) >= 11 is 0. The number of carbonyl (C=O) groups is 1. The van der Waals surface area contributed by atoms with E-state index in [1.807, 2.05) is 24.3 Å². The van der Waals surface area contributed by atoms with Gasteiger partial charge in [-0.1, -0.05) is 36.4 Å². The smallest absolute Gasteiger partial charge is 0.247 e. The molecule has 24 heavy (non-hydrogen) atoms. The second-order valence-electron chi connectivity index (χ2n) is 5.58. The minimum atomic E-state index is -4.14. The van der Waals surface area contributed by atoms with E-state index in [9.17, 15) is 17.6 Å². The van der Waals surface area contributed by atoms with E-state index in [2.05, 4.69) is 5.32 Å². The van der Waals surface area contributed by atoms with Crippen LogP contribution >= 0.6 is 0 Å². The Balaban J connectivity index is 2.10. The fourth-order valence-electron chi connectivity index (χ4n) is 2.92. The number of nitrogens with zero attached hydrogens (tertiary/aromatic N) is 1. The van der Waals surface area contributed by atoms with Crippen LogP contribution in [0.4, 0.5) is 4.39 Å². The van der Waals surface area contributed by atoms with Gasteiger partial charge in [0.25, 0.3) is 0 Å². The molecule has 0 saturated carbocycles. The first-order chi connectivity index (χ1) is 11.4. The third-order valence-electron chi connectivity index (χ3n) is 4.18. The first-order valence-electron chi connectivity index (χ1n) is 7.50. The highest BCUT2D eigenvalue weighted by Crippen LogP contribution is 2.30. The number of nitrogens with one attached hydrogen (secondary N) is 1. The van der Waals surface area contributed by atoms with E-state index >= 15 is 0 Å². The lowest BCUT2D eigenvalue weighted by molar-refractivity contribution is -0.124. The Labute approximate surface area is 140 Å². The lowest BCUT2D eigenvalue weighted by atomic mass is 9.95. The topological polar surface area (TPSA) is 66.5 Å². The number of rotatable bonds is 3. The van der Waals surface area contributed by atoms with Crippen molar-refractivity contribution in [3.05, 3.63) is 65.5 Å². The van der Waals surface area contributed by atoms with E-state index in [1.165, 1.54) is 25.2 Å². The van der Waals surface area contributed by atoms with Crippen molar-refractivity contribution in [1.82, 2.24) is 9.62 Å². The monoisotopic (exact) mass is 348 g/mol. The highest BCUT2D eigenvalue weighted by atomic mass is 32.2. The predicted molar refractivity (Wildman–Crippen MR) is 87.1 cm³/mol. The van der Waals surface area contributed by atoms with Gasteiger partial charge in [-0.2, -0.15) is 4.31 Å². The number of likely N-dealkylation sites (N-methyl/N-ethyl adjacent to an activating group) is 1. The molecule has 2 aromatic carbocycles. The van der Waals surface area contributed by atoms with E-state index in [0.717, 1.165) is 21.5 Å². The molecule has 1 unspecified atom stereocenters. The van der Waals surface area contributed by atoms with Gasteiger partial charge in [-0.05, 0) is 29.7 Å². The molecule has 1 aliphatic rings. The van der Waals surface area contributed by atoms with Crippen molar-refractivity contribution in [2.24, 2.45) is 0 Å². The Morgan fingerprint density at radius 2 is 1.75 bits per heavy atom. The molecule has 5 nitrogen and oxygen atoms in total. The van der Waals surface area contributed by atoms with Crippen molar-refractivity contribution in [3.63, 3.8) is 0 Å². The van der Waals surface area contributed by atoms with Gasteiger partial charge < -0.3 is 5.32 Å². The highest BCUT2D eigenvalue weighted by molar-refractivity contribution is 7.89. The van der Waals surface area contributed by atoms with E-state index in [1.54, 1.807) is 0 Å². The summed E-state index contributed by atoms with van der Waals surface area (Å²) in [7, 11) is -2.69. The van der Waals surface area contributed by atoms with Gasteiger partial charge >= 0.3 is 0 Å². The second-order valence-corrected chi connectivity index (χ2v) is 7.44. The fraction of sp³-hybridized carbons (Fsp3) is 0.235. The quantitative estimate of drug-likeness (QED) is 0.918. The van der Waals surface area contributed by atoms with Crippen LogP contribution in [-0.4, -0.2) is 31.7 Å². The normalized spacial score (nSPS) is 18.0. The molecule has 1 N–H and O–H groups in total. The zero-order chi connectivity index (χ0) is 17.3. The van der Waals surface area contributed by atoms with Crippen molar-refractivity contribution in [2.45, 2.75) is 23.9 Å². The lowest BCUT2D eigenvalue weighted by Gasteiger charge is -2.34. The SMILES string of the molecule is CNC(=O)C1Cc2ccccc2CN1S(=O)(=O)c1ccccc1F. The summed E-state index contributed by atoms with van der Waals surface area (Å²) in [5.74, 6) is -1.24. The Bertz CT molecular complexity index is 883. The third kappa shape index (κ3) is 2.81. The molecule has 0 bridgehead atoms. The summed E-state index contributed by atoms with van der Waals surface area (Å²) in [6.07, 6.45) is 0.254. The molecule has 0 aliphatic carbocycles. The maximum atomic E-state index is 14.0. The first kappa shape index (κ1) is 16.6. The largest absolute Gasteiger partial charge is 0.358 e. The van der Waals surface area contributed by atoms with Gasteiger partial charge in [0, 0.05) is 13.6 Å². The molecule has 0 aromatic heterocycles. The highest BCUT2D eigenvalue weighted by Gasteiger charge is 2.40. The maximum Gasteiger partial charge on any atom is 0.247 e. The minimum absolute atomic E-state index is 0.0327. The summed E-state index contributed by atoms with van der Waals surface area (Å²) in [6, 6.07) is 11.6. The van der Waals surface area contributed by atoms with E-state index in [-0.39, 0.29) is 13.0 Å². The summed E-state index contributed by atoms with van der Waals surface area (Å²) in [5, 5.41) is 2.49. The van der Waals surface area contributed by atoms with Crippen LogP contribution in [0.2, 0.25) is 0 Å². The van der Waals surface area contributed by atoms with E-state index < -0.39 is 32.7 Å². The number of sulfonamides is 1. The van der Waals surface area contributed by atoms with Crippen LogP contribution < -0.4 is 5.32 Å². The molecule has 126 valence electrons. The van der Waals surface area contributed by atoms with Crippen molar-refractivity contribution in [2.75, 3.05) is 7.05 Å². The standard InChI is InChI=1S/C17H17FN2O3S/c1-19-17(21)15-10-12-6-2-3-7-13(12)11-20(15)24(22,23)16-9-5-4-8-14(16)18/h2-9,15H,10-11H2,1H3,(H,19,21). The van der Waals surface area contributed by atoms with Gasteiger partial charge in [0.2, 0.25) is 15.9 Å². The van der Waals surface area contributed by atoms with Crippen molar-refractivity contribution >= 4 is 15.9 Å². The molecule has 1 atom stereocenters. The average Bonchev–Trinajstić information content (AvgIpc) is 2.60. The molecule has 0 saturated heterocycles. The van der Waals surface area contributed by atoms with Crippen LogP contribution in [0.5, 0.6) is 0 Å². The Morgan fingerprint density at radius 1 is 1.12 bits per heavy atom. The number of halogens is 1.